The largest absolute Gasteiger partial charge is 0.303 e. The lowest BCUT2D eigenvalue weighted by molar-refractivity contribution is -0.122. The molecule has 132 valence electrons. The first-order valence-electron chi connectivity index (χ1n) is 9.88. The van der Waals surface area contributed by atoms with Crippen molar-refractivity contribution < 1.29 is 9.18 Å². The van der Waals surface area contributed by atoms with Crippen LogP contribution in [0.15, 0.2) is 24.3 Å². The first-order valence-corrected chi connectivity index (χ1v) is 9.88. The minimum absolute atomic E-state index is 0.000553. The topological polar surface area (TPSA) is 17.1 Å². The molecule has 0 saturated heterocycles. The summed E-state index contributed by atoms with van der Waals surface area (Å²) in [7, 11) is 0. The van der Waals surface area contributed by atoms with E-state index < -0.39 is 0 Å². The number of hydrogen-bond acceptors (Lipinski definition) is 1. The number of benzene rings is 1. The fourth-order valence-electron chi connectivity index (χ4n) is 5.06. The highest BCUT2D eigenvalue weighted by Crippen LogP contribution is 2.49. The zero-order valence-electron chi connectivity index (χ0n) is 14.8. The molecule has 0 aromatic heterocycles. The maximum atomic E-state index is 12.3. The molecule has 1 aromatic rings. The first-order chi connectivity index (χ1) is 11.8. The monoisotopic (exact) mass is 330 g/mol. The van der Waals surface area contributed by atoms with Crippen molar-refractivity contribution in [2.75, 3.05) is 6.67 Å². The Kier molecular flexibility index (Phi) is 6.08. The molecule has 2 aliphatic rings. The van der Waals surface area contributed by atoms with E-state index in [1.165, 1.54) is 62.4 Å². The quantitative estimate of drug-likeness (QED) is 0.584. The van der Waals surface area contributed by atoms with Crippen molar-refractivity contribution in [2.24, 2.45) is 11.3 Å². The smallest absolute Gasteiger partial charge is 0.126 e. The Morgan fingerprint density at radius 1 is 1.00 bits per heavy atom. The van der Waals surface area contributed by atoms with E-state index in [1.807, 2.05) is 0 Å². The maximum Gasteiger partial charge on any atom is 0.126 e. The lowest BCUT2D eigenvalue weighted by atomic mass is 9.61. The molecule has 0 heterocycles. The third-order valence-corrected chi connectivity index (χ3v) is 6.61. The zero-order chi connectivity index (χ0) is 16.8. The van der Waals surface area contributed by atoms with Crippen LogP contribution >= 0.6 is 0 Å². The summed E-state index contributed by atoms with van der Waals surface area (Å²) in [6.45, 7) is -0.232. The molecule has 0 radical (unpaired) electrons. The lowest BCUT2D eigenvalue weighted by Crippen LogP contribution is -2.36. The molecule has 0 spiro atoms. The van der Waals surface area contributed by atoms with Crippen molar-refractivity contribution in [3.05, 3.63) is 35.4 Å². The number of alkyl halides is 1. The molecule has 0 N–H and O–H groups in total. The molecule has 2 heteroatoms. The summed E-state index contributed by atoms with van der Waals surface area (Å²) < 4.78 is 12.3. The van der Waals surface area contributed by atoms with Gasteiger partial charge in [-0.1, -0.05) is 43.5 Å². The van der Waals surface area contributed by atoms with Gasteiger partial charge in [-0.25, -0.2) is 0 Å². The van der Waals surface area contributed by atoms with E-state index in [4.69, 9.17) is 0 Å². The average molecular weight is 330 g/mol. The van der Waals surface area contributed by atoms with Crippen LogP contribution in [0.25, 0.3) is 0 Å². The molecule has 0 atom stereocenters. The third kappa shape index (κ3) is 3.90. The minimum Gasteiger partial charge on any atom is -0.303 e. The van der Waals surface area contributed by atoms with Crippen molar-refractivity contribution >= 4 is 6.29 Å². The Morgan fingerprint density at radius 2 is 1.67 bits per heavy atom. The number of carbonyl (C=O) groups excluding carboxylic acids is 1. The Hall–Kier alpha value is -1.18. The lowest BCUT2D eigenvalue weighted by Gasteiger charge is -2.43. The highest BCUT2D eigenvalue weighted by Gasteiger charge is 2.41. The molecule has 0 amide bonds. The van der Waals surface area contributed by atoms with Gasteiger partial charge in [-0.15, -0.1) is 0 Å². The van der Waals surface area contributed by atoms with Crippen LogP contribution in [0.5, 0.6) is 0 Å². The Balaban J connectivity index is 1.57. The molecule has 2 saturated carbocycles. The van der Waals surface area contributed by atoms with Gasteiger partial charge >= 0.3 is 0 Å². The predicted molar refractivity (Wildman–Crippen MR) is 97.0 cm³/mol. The predicted octanol–water partition coefficient (Wildman–Crippen LogP) is 6.01. The second-order valence-electron chi connectivity index (χ2n) is 7.99. The molecule has 0 unspecified atom stereocenters. The maximum absolute atomic E-state index is 12.3. The second kappa shape index (κ2) is 8.27. The van der Waals surface area contributed by atoms with E-state index in [1.54, 1.807) is 0 Å². The van der Waals surface area contributed by atoms with E-state index in [2.05, 4.69) is 24.3 Å². The van der Waals surface area contributed by atoms with Crippen LogP contribution < -0.4 is 0 Å². The molecule has 0 bridgehead atoms. The van der Waals surface area contributed by atoms with Gasteiger partial charge in [-0.3, -0.25) is 4.39 Å². The Labute approximate surface area is 146 Å². The van der Waals surface area contributed by atoms with E-state index in [-0.39, 0.29) is 12.1 Å². The minimum atomic E-state index is -0.232. The van der Waals surface area contributed by atoms with Crippen LogP contribution in [0, 0.1) is 11.3 Å². The van der Waals surface area contributed by atoms with Crippen molar-refractivity contribution in [2.45, 2.75) is 76.5 Å². The summed E-state index contributed by atoms with van der Waals surface area (Å²) >= 11 is 0. The molecule has 1 aromatic carbocycles. The van der Waals surface area contributed by atoms with Gasteiger partial charge in [0.1, 0.15) is 6.29 Å². The summed E-state index contributed by atoms with van der Waals surface area (Å²) in [5, 5.41) is 0. The molecule has 1 nitrogen and oxygen atoms in total. The van der Waals surface area contributed by atoms with Crippen molar-refractivity contribution in [1.29, 1.82) is 0 Å². The van der Waals surface area contributed by atoms with Crippen LogP contribution in [-0.2, 0) is 11.2 Å². The van der Waals surface area contributed by atoms with E-state index in [0.29, 0.717) is 18.3 Å². The summed E-state index contributed by atoms with van der Waals surface area (Å²) in [6.07, 6.45) is 13.6. The summed E-state index contributed by atoms with van der Waals surface area (Å²) in [4.78, 5) is 11.8. The normalized spacial score (nSPS) is 26.9. The molecular formula is C22H31FO. The second-order valence-corrected chi connectivity index (χ2v) is 7.99. The number of halogens is 1. The van der Waals surface area contributed by atoms with Crippen LogP contribution in [0.4, 0.5) is 4.39 Å². The van der Waals surface area contributed by atoms with E-state index in [9.17, 15) is 9.18 Å². The van der Waals surface area contributed by atoms with Crippen LogP contribution in [0.1, 0.15) is 81.3 Å². The molecule has 24 heavy (non-hydrogen) atoms. The molecular weight excluding hydrogens is 299 g/mol. The van der Waals surface area contributed by atoms with Crippen LogP contribution in [0.2, 0.25) is 0 Å². The highest BCUT2D eigenvalue weighted by molar-refractivity contribution is 5.60. The van der Waals surface area contributed by atoms with Gasteiger partial charge in [0.15, 0.2) is 0 Å². The number of carbonyl (C=O) groups is 1. The first kappa shape index (κ1) is 17.6. The molecule has 2 aliphatic carbocycles. The van der Waals surface area contributed by atoms with Crippen molar-refractivity contribution in [1.82, 2.24) is 0 Å². The van der Waals surface area contributed by atoms with Gasteiger partial charge < -0.3 is 4.79 Å². The van der Waals surface area contributed by atoms with Gasteiger partial charge in [0.2, 0.25) is 0 Å². The summed E-state index contributed by atoms with van der Waals surface area (Å²) in [5.74, 6) is 1.25. The Bertz CT molecular complexity index is 507. The zero-order valence-corrected chi connectivity index (χ0v) is 14.8. The summed E-state index contributed by atoms with van der Waals surface area (Å²) in [5.41, 5.74) is 2.67. The third-order valence-electron chi connectivity index (χ3n) is 6.61. The van der Waals surface area contributed by atoms with Gasteiger partial charge in [-0.2, -0.15) is 0 Å². The van der Waals surface area contributed by atoms with Gasteiger partial charge in [0.05, 0.1) is 6.67 Å². The SMILES string of the molecule is O=CC1(C2CCC(c3ccc(CCCF)cc3)CC2)CCCCC1. The van der Waals surface area contributed by atoms with E-state index >= 15 is 0 Å². The van der Waals surface area contributed by atoms with E-state index in [0.717, 1.165) is 19.3 Å². The number of aryl methyl sites for hydroxylation is 1. The number of hydrogen-bond donors (Lipinski definition) is 0. The Morgan fingerprint density at radius 3 is 2.25 bits per heavy atom. The van der Waals surface area contributed by atoms with Gasteiger partial charge in [-0.05, 0) is 74.3 Å². The summed E-state index contributed by atoms with van der Waals surface area (Å²) in [6, 6.07) is 8.83. The molecule has 3 rings (SSSR count). The van der Waals surface area contributed by atoms with Crippen molar-refractivity contribution in [3.63, 3.8) is 0 Å². The number of aldehydes is 1. The average Bonchev–Trinajstić information content (AvgIpc) is 2.67. The van der Waals surface area contributed by atoms with Crippen molar-refractivity contribution in [3.8, 4) is 0 Å². The standard InChI is InChI=1S/C22H31FO/c23-16-4-5-18-6-8-19(9-7-18)20-10-12-21(13-11-20)22(17-24)14-2-1-3-15-22/h6-9,17,20-21H,1-5,10-16H2. The fraction of sp³-hybridized carbons (Fsp3) is 0.682. The molecule has 0 aliphatic heterocycles. The van der Waals surface area contributed by atoms with Gasteiger partial charge in [0, 0.05) is 5.41 Å². The van der Waals surface area contributed by atoms with Gasteiger partial charge in [0.25, 0.3) is 0 Å². The molecule has 2 fully saturated rings. The highest BCUT2D eigenvalue weighted by atomic mass is 19.1. The fourth-order valence-corrected chi connectivity index (χ4v) is 5.06. The number of rotatable bonds is 6. The van der Waals surface area contributed by atoms with Crippen LogP contribution in [0.3, 0.4) is 0 Å². The van der Waals surface area contributed by atoms with Crippen LogP contribution in [-0.4, -0.2) is 13.0 Å².